The van der Waals surface area contributed by atoms with E-state index in [4.69, 9.17) is 4.98 Å². The van der Waals surface area contributed by atoms with Gasteiger partial charge in [-0.05, 0) is 34.5 Å². The molecule has 0 N–H and O–H groups in total. The molecule has 28 heavy (non-hydrogen) atoms. The summed E-state index contributed by atoms with van der Waals surface area (Å²) in [7, 11) is 0. The molecule has 3 aromatic carbocycles. The van der Waals surface area contributed by atoms with Gasteiger partial charge >= 0.3 is 0 Å². The van der Waals surface area contributed by atoms with Gasteiger partial charge in [0.15, 0.2) is 0 Å². The molecule has 0 radical (unpaired) electrons. The largest absolute Gasteiger partial charge is 0.256 e. The zero-order valence-corrected chi connectivity index (χ0v) is 15.3. The standard InChI is InChI=1S/C26H18N2/c1-2-8-19(9-3-1)25-16-13-20(18-28-25)21-14-15-24(26-12-6-7-17-27-26)23-11-5-4-10-22(21)23/h1-18H. The second-order valence-corrected chi connectivity index (χ2v) is 6.72. The number of hydrogen-bond acceptors (Lipinski definition) is 2. The molecule has 2 nitrogen and oxygen atoms in total. The predicted molar refractivity (Wildman–Crippen MR) is 116 cm³/mol. The molecule has 0 fully saturated rings. The minimum absolute atomic E-state index is 0.985. The Morgan fingerprint density at radius 1 is 0.429 bits per heavy atom. The molecule has 0 saturated carbocycles. The third-order valence-corrected chi connectivity index (χ3v) is 5.01. The molecule has 2 heteroatoms. The van der Waals surface area contributed by atoms with Gasteiger partial charge in [-0.25, -0.2) is 0 Å². The Morgan fingerprint density at radius 2 is 1.14 bits per heavy atom. The maximum atomic E-state index is 4.70. The third kappa shape index (κ3) is 2.95. The van der Waals surface area contributed by atoms with Crippen LogP contribution in [0.1, 0.15) is 0 Å². The van der Waals surface area contributed by atoms with Crippen molar-refractivity contribution in [3.8, 4) is 33.6 Å². The lowest BCUT2D eigenvalue weighted by Gasteiger charge is -2.12. The molecule has 5 aromatic rings. The molecule has 132 valence electrons. The Bertz CT molecular complexity index is 1230. The molecule has 0 unspecified atom stereocenters. The average molecular weight is 358 g/mol. The highest BCUT2D eigenvalue weighted by molar-refractivity contribution is 6.04. The number of pyridine rings is 2. The van der Waals surface area contributed by atoms with E-state index in [1.165, 1.54) is 16.3 Å². The van der Waals surface area contributed by atoms with E-state index in [9.17, 15) is 0 Å². The van der Waals surface area contributed by atoms with Crippen LogP contribution >= 0.6 is 0 Å². The van der Waals surface area contributed by atoms with Gasteiger partial charge in [0.1, 0.15) is 0 Å². The molecule has 2 aromatic heterocycles. The first-order chi connectivity index (χ1) is 13.9. The van der Waals surface area contributed by atoms with Gasteiger partial charge < -0.3 is 0 Å². The number of aromatic nitrogens is 2. The minimum atomic E-state index is 0.985. The van der Waals surface area contributed by atoms with Crippen LogP contribution in [-0.4, -0.2) is 9.97 Å². The Morgan fingerprint density at radius 3 is 1.86 bits per heavy atom. The summed E-state index contributed by atoms with van der Waals surface area (Å²) >= 11 is 0. The summed E-state index contributed by atoms with van der Waals surface area (Å²) in [5.41, 5.74) is 6.55. The molecule has 0 atom stereocenters. The van der Waals surface area contributed by atoms with Gasteiger partial charge in [0, 0.05) is 29.1 Å². The van der Waals surface area contributed by atoms with E-state index in [0.29, 0.717) is 0 Å². The van der Waals surface area contributed by atoms with Gasteiger partial charge in [0.2, 0.25) is 0 Å². The molecular formula is C26H18N2. The maximum absolute atomic E-state index is 4.70. The van der Waals surface area contributed by atoms with Gasteiger partial charge in [0.05, 0.1) is 11.4 Å². The molecule has 0 spiro atoms. The molecule has 0 bridgehead atoms. The SMILES string of the molecule is c1ccc(-c2ccc(-c3ccc(-c4ccccn4)c4ccccc34)cn2)cc1. The lowest BCUT2D eigenvalue weighted by Crippen LogP contribution is -1.89. The Kier molecular flexibility index (Phi) is 4.15. The second-order valence-electron chi connectivity index (χ2n) is 6.72. The summed E-state index contributed by atoms with van der Waals surface area (Å²) in [6, 6.07) is 33.3. The molecular weight excluding hydrogens is 340 g/mol. The van der Waals surface area contributed by atoms with E-state index in [0.717, 1.165) is 28.1 Å². The van der Waals surface area contributed by atoms with Crippen LogP contribution in [0.3, 0.4) is 0 Å². The third-order valence-electron chi connectivity index (χ3n) is 5.01. The van der Waals surface area contributed by atoms with Crippen LogP contribution in [-0.2, 0) is 0 Å². The van der Waals surface area contributed by atoms with E-state index in [1.54, 1.807) is 0 Å². The van der Waals surface area contributed by atoms with Crippen molar-refractivity contribution in [3.63, 3.8) is 0 Å². The van der Waals surface area contributed by atoms with E-state index < -0.39 is 0 Å². The number of nitrogens with zero attached hydrogens (tertiary/aromatic N) is 2. The first-order valence-electron chi connectivity index (χ1n) is 9.35. The van der Waals surface area contributed by atoms with Crippen molar-refractivity contribution >= 4 is 10.8 Å². The zero-order valence-electron chi connectivity index (χ0n) is 15.3. The molecule has 0 amide bonds. The summed E-state index contributed by atoms with van der Waals surface area (Å²) in [6.07, 6.45) is 3.80. The average Bonchev–Trinajstić information content (AvgIpc) is 2.80. The molecule has 0 aliphatic carbocycles. The van der Waals surface area contributed by atoms with E-state index in [2.05, 4.69) is 71.7 Å². The lowest BCUT2D eigenvalue weighted by atomic mass is 9.94. The highest BCUT2D eigenvalue weighted by Crippen LogP contribution is 2.35. The Balaban J connectivity index is 1.62. The smallest absolute Gasteiger partial charge is 0.0708 e. The summed E-state index contributed by atoms with van der Waals surface area (Å²) in [4.78, 5) is 9.23. The van der Waals surface area contributed by atoms with Crippen LogP contribution in [0.2, 0.25) is 0 Å². The second kappa shape index (κ2) is 7.09. The topological polar surface area (TPSA) is 25.8 Å². The molecule has 2 heterocycles. The van der Waals surface area contributed by atoms with E-state index >= 15 is 0 Å². The summed E-state index contributed by atoms with van der Waals surface area (Å²) in [5, 5.41) is 2.41. The molecule has 5 rings (SSSR count). The fourth-order valence-electron chi connectivity index (χ4n) is 3.63. The number of fused-ring (bicyclic) bond motifs is 1. The van der Waals surface area contributed by atoms with Crippen molar-refractivity contribution in [2.45, 2.75) is 0 Å². The van der Waals surface area contributed by atoms with Gasteiger partial charge in [0.25, 0.3) is 0 Å². The maximum Gasteiger partial charge on any atom is 0.0708 e. The van der Waals surface area contributed by atoms with Crippen LogP contribution in [0.5, 0.6) is 0 Å². The summed E-state index contributed by atoms with van der Waals surface area (Å²) in [5.74, 6) is 0. The summed E-state index contributed by atoms with van der Waals surface area (Å²) < 4.78 is 0. The van der Waals surface area contributed by atoms with Crippen LogP contribution in [0.15, 0.2) is 109 Å². The number of hydrogen-bond donors (Lipinski definition) is 0. The van der Waals surface area contributed by atoms with Crippen molar-refractivity contribution in [2.75, 3.05) is 0 Å². The Hall–Kier alpha value is -3.78. The number of rotatable bonds is 3. The minimum Gasteiger partial charge on any atom is -0.256 e. The summed E-state index contributed by atoms with van der Waals surface area (Å²) in [6.45, 7) is 0. The first kappa shape index (κ1) is 16.4. The van der Waals surface area contributed by atoms with Gasteiger partial charge in [-0.3, -0.25) is 9.97 Å². The van der Waals surface area contributed by atoms with E-state index in [1.807, 2.05) is 42.7 Å². The van der Waals surface area contributed by atoms with Gasteiger partial charge in [-0.2, -0.15) is 0 Å². The number of benzene rings is 3. The normalized spacial score (nSPS) is 10.9. The highest BCUT2D eigenvalue weighted by atomic mass is 14.7. The quantitative estimate of drug-likeness (QED) is 0.362. The van der Waals surface area contributed by atoms with Crippen molar-refractivity contribution < 1.29 is 0 Å². The first-order valence-corrected chi connectivity index (χ1v) is 9.35. The van der Waals surface area contributed by atoms with Gasteiger partial charge in [-0.15, -0.1) is 0 Å². The van der Waals surface area contributed by atoms with Crippen LogP contribution in [0.4, 0.5) is 0 Å². The Labute approximate surface area is 164 Å². The predicted octanol–water partition coefficient (Wildman–Crippen LogP) is 6.63. The van der Waals surface area contributed by atoms with Crippen molar-refractivity contribution in [3.05, 3.63) is 109 Å². The fourth-order valence-corrected chi connectivity index (χ4v) is 3.63. The molecule has 0 aliphatic heterocycles. The van der Waals surface area contributed by atoms with Gasteiger partial charge in [-0.1, -0.05) is 78.9 Å². The lowest BCUT2D eigenvalue weighted by molar-refractivity contribution is 1.32. The van der Waals surface area contributed by atoms with Crippen LogP contribution in [0.25, 0.3) is 44.4 Å². The van der Waals surface area contributed by atoms with Crippen molar-refractivity contribution in [1.29, 1.82) is 0 Å². The molecule has 0 aliphatic rings. The van der Waals surface area contributed by atoms with E-state index in [-0.39, 0.29) is 0 Å². The zero-order chi connectivity index (χ0) is 18.8. The van der Waals surface area contributed by atoms with Crippen molar-refractivity contribution in [1.82, 2.24) is 9.97 Å². The molecule has 0 saturated heterocycles. The van der Waals surface area contributed by atoms with Crippen LogP contribution < -0.4 is 0 Å². The van der Waals surface area contributed by atoms with Crippen molar-refractivity contribution in [2.24, 2.45) is 0 Å². The highest BCUT2D eigenvalue weighted by Gasteiger charge is 2.10. The van der Waals surface area contributed by atoms with Crippen LogP contribution in [0, 0.1) is 0 Å². The monoisotopic (exact) mass is 358 g/mol. The fraction of sp³-hybridized carbons (Fsp3) is 0.